The first-order valence-electron chi connectivity index (χ1n) is 15.1. The van der Waals surface area contributed by atoms with E-state index in [1.807, 2.05) is 55.5 Å². The van der Waals surface area contributed by atoms with Gasteiger partial charge in [-0.3, -0.25) is 4.98 Å². The van der Waals surface area contributed by atoms with E-state index in [1.54, 1.807) is 30.5 Å². The van der Waals surface area contributed by atoms with Crippen LogP contribution >= 0.6 is 11.6 Å². The highest BCUT2D eigenvalue weighted by molar-refractivity contribution is 7.90. The van der Waals surface area contributed by atoms with Crippen molar-refractivity contribution in [2.24, 2.45) is 5.41 Å². The Bertz CT molecular complexity index is 2140. The average Bonchev–Trinajstić information content (AvgIpc) is 3.01. The van der Waals surface area contributed by atoms with Gasteiger partial charge in [0.15, 0.2) is 16.6 Å². The van der Waals surface area contributed by atoms with Crippen LogP contribution in [-0.2, 0) is 26.7 Å². The van der Waals surface area contributed by atoms with Crippen molar-refractivity contribution in [1.29, 1.82) is 0 Å². The highest BCUT2D eigenvalue weighted by Gasteiger charge is 2.26. The number of hydrogen-bond acceptors (Lipinski definition) is 5. The van der Waals surface area contributed by atoms with Gasteiger partial charge in [-0.1, -0.05) is 80.9 Å². The van der Waals surface area contributed by atoms with Gasteiger partial charge < -0.3 is 9.47 Å². The van der Waals surface area contributed by atoms with Crippen LogP contribution in [0, 0.1) is 5.41 Å². The Kier molecular flexibility index (Phi) is 8.57. The summed E-state index contributed by atoms with van der Waals surface area (Å²) in [5, 5.41) is 6.24. The van der Waals surface area contributed by atoms with Gasteiger partial charge in [0.05, 0.1) is 16.3 Å². The van der Waals surface area contributed by atoms with Gasteiger partial charge in [-0.05, 0) is 93.7 Å². The molecule has 0 N–H and O–H groups in total. The molecule has 0 amide bonds. The van der Waals surface area contributed by atoms with Gasteiger partial charge in [0, 0.05) is 34.3 Å². The topological polar surface area (TPSA) is 65.5 Å². The number of halogens is 1. The van der Waals surface area contributed by atoms with Crippen molar-refractivity contribution in [3.63, 3.8) is 0 Å². The number of aromatic nitrogens is 1. The highest BCUT2D eigenvalue weighted by atomic mass is 35.5. The van der Waals surface area contributed by atoms with Crippen LogP contribution in [0.3, 0.4) is 0 Å². The largest absolute Gasteiger partial charge is 0.467 e. The molecule has 0 unspecified atom stereocenters. The van der Waals surface area contributed by atoms with E-state index in [2.05, 4.69) is 39.0 Å². The van der Waals surface area contributed by atoms with Crippen molar-refractivity contribution in [1.82, 2.24) is 4.98 Å². The summed E-state index contributed by atoms with van der Waals surface area (Å²) < 4.78 is 39.8. The second kappa shape index (κ2) is 12.4. The summed E-state index contributed by atoms with van der Waals surface area (Å²) in [7, 11) is -3.69. The first kappa shape index (κ1) is 31.0. The van der Waals surface area contributed by atoms with Crippen molar-refractivity contribution >= 4 is 53.8 Å². The zero-order valence-corrected chi connectivity index (χ0v) is 27.5. The molecular weight excluding hydrogens is 602 g/mol. The van der Waals surface area contributed by atoms with Crippen molar-refractivity contribution in [3.05, 3.63) is 113 Å². The lowest BCUT2D eigenvalue weighted by Gasteiger charge is -2.25. The van der Waals surface area contributed by atoms with Gasteiger partial charge in [0.2, 0.25) is 0 Å². The Labute approximate surface area is 269 Å². The van der Waals surface area contributed by atoms with Crippen LogP contribution in [0.5, 0.6) is 5.75 Å². The predicted octanol–water partition coefficient (Wildman–Crippen LogP) is 9.80. The smallest absolute Gasteiger partial charge is 0.189 e. The van der Waals surface area contributed by atoms with Crippen LogP contribution in [0.25, 0.3) is 43.6 Å². The van der Waals surface area contributed by atoms with Crippen LogP contribution < -0.4 is 4.74 Å². The summed E-state index contributed by atoms with van der Waals surface area (Å²) in [6.07, 6.45) is 2.54. The molecule has 0 aliphatic rings. The monoisotopic (exact) mass is 637 g/mol. The summed E-state index contributed by atoms with van der Waals surface area (Å²) in [6, 6.07) is 28.6. The molecule has 0 radical (unpaired) electrons. The lowest BCUT2D eigenvalue weighted by Crippen LogP contribution is -2.13. The van der Waals surface area contributed by atoms with Gasteiger partial charge in [-0.25, -0.2) is 8.42 Å². The van der Waals surface area contributed by atoms with E-state index in [1.165, 1.54) is 0 Å². The van der Waals surface area contributed by atoms with Crippen molar-refractivity contribution < 1.29 is 17.9 Å². The molecule has 0 saturated heterocycles. The van der Waals surface area contributed by atoms with E-state index in [4.69, 9.17) is 26.1 Å². The minimum absolute atomic E-state index is 0.0400. The minimum Gasteiger partial charge on any atom is -0.467 e. The minimum atomic E-state index is -3.69. The normalized spacial score (nSPS) is 12.3. The number of benzene rings is 5. The van der Waals surface area contributed by atoms with E-state index < -0.39 is 9.84 Å². The first-order chi connectivity index (χ1) is 21.6. The molecule has 5 aromatic carbocycles. The molecule has 0 fully saturated rings. The van der Waals surface area contributed by atoms with Crippen LogP contribution in [0.15, 0.2) is 102 Å². The molecular formula is C38H36ClNO4S. The molecule has 45 heavy (non-hydrogen) atoms. The van der Waals surface area contributed by atoms with Crippen LogP contribution in [0.1, 0.15) is 38.8 Å². The number of pyridine rings is 1. The zero-order chi connectivity index (χ0) is 31.8. The van der Waals surface area contributed by atoms with Gasteiger partial charge >= 0.3 is 0 Å². The standard InChI is InChI=1S/C38H36ClNO4S/c1-5-43-24-44-37-33(21-25-11-9-10-14-30(25)34(37)22-38(2,3)4)36-35-27(23-45(41,42)29-12-7-6-8-13-29)19-26-20-28(39)15-16-31(26)32(35)17-18-40-36/h6-21H,5,22-24H2,1-4H3. The Morgan fingerprint density at radius 2 is 1.58 bits per heavy atom. The maximum atomic E-state index is 13.8. The quantitative estimate of drug-likeness (QED) is 0.0897. The van der Waals surface area contributed by atoms with Crippen LogP contribution in [0.2, 0.25) is 5.02 Å². The summed E-state index contributed by atoms with van der Waals surface area (Å²) in [4.78, 5) is 5.23. The number of sulfone groups is 1. The number of nitrogens with zero attached hydrogens (tertiary/aromatic N) is 1. The molecule has 0 atom stereocenters. The van der Waals surface area contributed by atoms with Crippen molar-refractivity contribution in [3.8, 4) is 17.0 Å². The van der Waals surface area contributed by atoms with E-state index in [-0.39, 0.29) is 22.9 Å². The summed E-state index contributed by atoms with van der Waals surface area (Å²) in [5.74, 6) is 0.497. The lowest BCUT2D eigenvalue weighted by atomic mass is 9.83. The first-order valence-corrected chi connectivity index (χ1v) is 17.1. The maximum absolute atomic E-state index is 13.8. The Morgan fingerprint density at radius 1 is 0.822 bits per heavy atom. The number of rotatable bonds is 9. The molecule has 6 aromatic rings. The molecule has 6 rings (SSSR count). The average molecular weight is 638 g/mol. The fourth-order valence-corrected chi connectivity index (χ4v) is 7.59. The van der Waals surface area contributed by atoms with Gasteiger partial charge in [-0.2, -0.15) is 0 Å². The second-order valence-corrected chi connectivity index (χ2v) is 14.9. The SMILES string of the molecule is CCOCOc1c(-c2nccc3c2c(CS(=O)(=O)c2ccccc2)cc2cc(Cl)ccc23)cc2ccccc2c1CC(C)(C)C. The molecule has 0 spiro atoms. The fourth-order valence-electron chi connectivity index (χ4n) is 6.04. The molecule has 0 saturated carbocycles. The van der Waals surface area contributed by atoms with Gasteiger partial charge in [0.25, 0.3) is 0 Å². The molecule has 0 aliphatic carbocycles. The summed E-state index contributed by atoms with van der Waals surface area (Å²) in [6.45, 7) is 9.16. The van der Waals surface area contributed by atoms with Crippen molar-refractivity contribution in [2.75, 3.05) is 13.4 Å². The van der Waals surface area contributed by atoms with Gasteiger partial charge in [-0.15, -0.1) is 0 Å². The number of hydrogen-bond donors (Lipinski definition) is 0. The van der Waals surface area contributed by atoms with Crippen molar-refractivity contribution in [2.45, 2.75) is 44.8 Å². The molecule has 1 aromatic heterocycles. The Balaban J connectivity index is 1.70. The van der Waals surface area contributed by atoms with E-state index in [0.717, 1.165) is 49.9 Å². The van der Waals surface area contributed by atoms with Gasteiger partial charge in [0.1, 0.15) is 5.75 Å². The third kappa shape index (κ3) is 6.41. The zero-order valence-electron chi connectivity index (χ0n) is 25.9. The molecule has 0 aliphatic heterocycles. The van der Waals surface area contributed by atoms with E-state index >= 15 is 0 Å². The predicted molar refractivity (Wildman–Crippen MR) is 185 cm³/mol. The molecule has 230 valence electrons. The maximum Gasteiger partial charge on any atom is 0.189 e. The van der Waals surface area contributed by atoms with Crippen LogP contribution in [-0.4, -0.2) is 26.8 Å². The van der Waals surface area contributed by atoms with E-state index in [0.29, 0.717) is 28.6 Å². The highest BCUT2D eigenvalue weighted by Crippen LogP contribution is 2.45. The van der Waals surface area contributed by atoms with E-state index in [9.17, 15) is 8.42 Å². The lowest BCUT2D eigenvalue weighted by molar-refractivity contribution is 0.0221. The Hall–Kier alpha value is -3.97. The van der Waals surface area contributed by atoms with Crippen LogP contribution in [0.4, 0.5) is 0 Å². The Morgan fingerprint density at radius 3 is 2.33 bits per heavy atom. The summed E-state index contributed by atoms with van der Waals surface area (Å²) in [5.41, 5.74) is 3.13. The second-order valence-electron chi connectivity index (χ2n) is 12.5. The number of fused-ring (bicyclic) bond motifs is 4. The summed E-state index contributed by atoms with van der Waals surface area (Å²) >= 11 is 6.43. The third-order valence-electron chi connectivity index (χ3n) is 7.91. The molecule has 5 nitrogen and oxygen atoms in total. The third-order valence-corrected chi connectivity index (χ3v) is 9.83. The molecule has 1 heterocycles. The molecule has 7 heteroatoms. The molecule has 0 bridgehead atoms. The fraction of sp³-hybridized carbons (Fsp3) is 0.237. The number of ether oxygens (including phenoxy) is 2.